The molecule has 0 bridgehead atoms. The van der Waals surface area contributed by atoms with Crippen LogP contribution in [-0.4, -0.2) is 17.6 Å². The molecule has 2 aromatic rings. The molecule has 3 nitrogen and oxygen atoms in total. The number of benzene rings is 1. The van der Waals surface area contributed by atoms with Crippen LogP contribution in [0.3, 0.4) is 0 Å². The highest BCUT2D eigenvalue weighted by Gasteiger charge is 2.14. The Morgan fingerprint density at radius 3 is 2.94 bits per heavy atom. The number of fused-ring (bicyclic) bond motifs is 1. The summed E-state index contributed by atoms with van der Waals surface area (Å²) in [6, 6.07) is 7.31. The number of carbonyl (C=O) groups excluding carboxylic acids is 1. The van der Waals surface area contributed by atoms with Crippen molar-refractivity contribution >= 4 is 44.4 Å². The molecular weight excluding hydrogens is 305 g/mol. The van der Waals surface area contributed by atoms with Crippen molar-refractivity contribution in [2.75, 3.05) is 6.61 Å². The standard InChI is InChI=1S/C12H9BrClNO2/c1-2-17-12(16)11-9(14)5-7-3-4-8(13)6-10(7)15-11/h3-6H,2H2,1H3. The summed E-state index contributed by atoms with van der Waals surface area (Å²) < 4.78 is 5.79. The fourth-order valence-electron chi connectivity index (χ4n) is 1.46. The maximum absolute atomic E-state index is 11.6. The molecule has 0 N–H and O–H groups in total. The Balaban J connectivity index is 2.57. The van der Waals surface area contributed by atoms with Gasteiger partial charge in [-0.05, 0) is 25.1 Å². The first kappa shape index (κ1) is 12.3. The Morgan fingerprint density at radius 2 is 2.24 bits per heavy atom. The number of rotatable bonds is 2. The van der Waals surface area contributed by atoms with Crippen molar-refractivity contribution < 1.29 is 9.53 Å². The van der Waals surface area contributed by atoms with Gasteiger partial charge >= 0.3 is 5.97 Å². The van der Waals surface area contributed by atoms with Gasteiger partial charge in [0.25, 0.3) is 0 Å². The second-order valence-corrected chi connectivity index (χ2v) is 4.70. The van der Waals surface area contributed by atoms with E-state index in [1.54, 1.807) is 13.0 Å². The third kappa shape index (κ3) is 2.58. The molecule has 0 saturated heterocycles. The Kier molecular flexibility index (Phi) is 3.64. The van der Waals surface area contributed by atoms with Crippen LogP contribution < -0.4 is 0 Å². The topological polar surface area (TPSA) is 39.2 Å². The van der Waals surface area contributed by atoms with E-state index >= 15 is 0 Å². The number of halogens is 2. The molecule has 0 atom stereocenters. The first-order valence-corrected chi connectivity index (χ1v) is 6.22. The lowest BCUT2D eigenvalue weighted by Gasteiger charge is -2.05. The number of carbonyl (C=O) groups is 1. The Bertz CT molecular complexity index is 586. The average molecular weight is 315 g/mol. The third-order valence-corrected chi connectivity index (χ3v) is 2.98. The summed E-state index contributed by atoms with van der Waals surface area (Å²) in [5, 5.41) is 1.18. The summed E-state index contributed by atoms with van der Waals surface area (Å²) in [5.74, 6) is -0.501. The molecule has 17 heavy (non-hydrogen) atoms. The molecule has 2 rings (SSSR count). The zero-order valence-electron chi connectivity index (χ0n) is 9.04. The zero-order chi connectivity index (χ0) is 12.4. The predicted octanol–water partition coefficient (Wildman–Crippen LogP) is 3.83. The smallest absolute Gasteiger partial charge is 0.358 e. The minimum absolute atomic E-state index is 0.152. The zero-order valence-corrected chi connectivity index (χ0v) is 11.4. The average Bonchev–Trinajstić information content (AvgIpc) is 2.29. The number of hydrogen-bond donors (Lipinski definition) is 0. The van der Waals surface area contributed by atoms with Crippen molar-refractivity contribution in [2.45, 2.75) is 6.92 Å². The lowest BCUT2D eigenvalue weighted by Crippen LogP contribution is -2.08. The maximum Gasteiger partial charge on any atom is 0.358 e. The van der Waals surface area contributed by atoms with E-state index in [0.29, 0.717) is 17.1 Å². The summed E-state index contributed by atoms with van der Waals surface area (Å²) in [7, 11) is 0. The van der Waals surface area contributed by atoms with Gasteiger partial charge in [0.05, 0.1) is 17.1 Å². The van der Waals surface area contributed by atoms with Crippen LogP contribution in [0.25, 0.3) is 10.9 Å². The van der Waals surface area contributed by atoms with Crippen LogP contribution in [0.1, 0.15) is 17.4 Å². The van der Waals surface area contributed by atoms with Crippen molar-refractivity contribution in [3.05, 3.63) is 39.5 Å². The quantitative estimate of drug-likeness (QED) is 0.791. The normalized spacial score (nSPS) is 10.5. The van der Waals surface area contributed by atoms with Crippen LogP contribution in [0.15, 0.2) is 28.7 Å². The molecular formula is C12H9BrClNO2. The number of ether oxygens (including phenoxy) is 1. The van der Waals surface area contributed by atoms with E-state index in [4.69, 9.17) is 16.3 Å². The van der Waals surface area contributed by atoms with Gasteiger partial charge in [-0.25, -0.2) is 9.78 Å². The molecule has 1 aromatic heterocycles. The van der Waals surface area contributed by atoms with Crippen LogP contribution in [0.2, 0.25) is 5.02 Å². The molecule has 0 aliphatic rings. The van der Waals surface area contributed by atoms with E-state index in [0.717, 1.165) is 9.86 Å². The molecule has 0 aliphatic heterocycles. The highest BCUT2D eigenvalue weighted by molar-refractivity contribution is 9.10. The molecule has 5 heteroatoms. The van der Waals surface area contributed by atoms with Crippen molar-refractivity contribution in [3.8, 4) is 0 Å². The maximum atomic E-state index is 11.6. The summed E-state index contributed by atoms with van der Waals surface area (Å²) in [5.41, 5.74) is 0.853. The van der Waals surface area contributed by atoms with E-state index in [9.17, 15) is 4.79 Å². The fourth-order valence-corrected chi connectivity index (χ4v) is 2.04. The van der Waals surface area contributed by atoms with E-state index in [2.05, 4.69) is 20.9 Å². The number of esters is 1. The highest BCUT2D eigenvalue weighted by Crippen LogP contribution is 2.24. The predicted molar refractivity (Wildman–Crippen MR) is 70.4 cm³/mol. The van der Waals surface area contributed by atoms with Crippen LogP contribution >= 0.6 is 27.5 Å². The number of pyridine rings is 1. The van der Waals surface area contributed by atoms with Crippen LogP contribution in [0, 0.1) is 0 Å². The fraction of sp³-hybridized carbons (Fsp3) is 0.167. The molecule has 0 saturated carbocycles. The monoisotopic (exact) mass is 313 g/mol. The molecule has 1 aromatic carbocycles. The second kappa shape index (κ2) is 5.02. The van der Waals surface area contributed by atoms with E-state index < -0.39 is 5.97 Å². The molecule has 0 spiro atoms. The van der Waals surface area contributed by atoms with E-state index in [1.165, 1.54) is 0 Å². The van der Waals surface area contributed by atoms with Crippen molar-refractivity contribution in [3.63, 3.8) is 0 Å². The molecule has 0 radical (unpaired) electrons. The van der Waals surface area contributed by atoms with Crippen LogP contribution in [0.5, 0.6) is 0 Å². The Labute approximate surface area is 112 Å². The summed E-state index contributed by atoms with van der Waals surface area (Å²) in [6.45, 7) is 2.04. The number of aromatic nitrogens is 1. The van der Waals surface area contributed by atoms with Crippen LogP contribution in [0.4, 0.5) is 0 Å². The van der Waals surface area contributed by atoms with Crippen molar-refractivity contribution in [1.29, 1.82) is 0 Å². The molecule has 0 amide bonds. The molecule has 0 aliphatic carbocycles. The number of hydrogen-bond acceptors (Lipinski definition) is 3. The van der Waals surface area contributed by atoms with E-state index in [-0.39, 0.29) is 5.69 Å². The minimum Gasteiger partial charge on any atom is -0.461 e. The molecule has 1 heterocycles. The molecule has 0 unspecified atom stereocenters. The van der Waals surface area contributed by atoms with Gasteiger partial charge in [-0.2, -0.15) is 0 Å². The minimum atomic E-state index is -0.501. The van der Waals surface area contributed by atoms with Gasteiger partial charge < -0.3 is 4.74 Å². The van der Waals surface area contributed by atoms with Crippen molar-refractivity contribution in [1.82, 2.24) is 4.98 Å². The van der Waals surface area contributed by atoms with Gasteiger partial charge in [-0.15, -0.1) is 0 Å². The van der Waals surface area contributed by atoms with Gasteiger partial charge in [0.2, 0.25) is 0 Å². The molecule has 88 valence electrons. The summed E-state index contributed by atoms with van der Waals surface area (Å²) in [4.78, 5) is 15.8. The third-order valence-electron chi connectivity index (χ3n) is 2.20. The lowest BCUT2D eigenvalue weighted by atomic mass is 10.2. The summed E-state index contributed by atoms with van der Waals surface area (Å²) >= 11 is 9.35. The first-order valence-electron chi connectivity index (χ1n) is 5.04. The van der Waals surface area contributed by atoms with Crippen LogP contribution in [-0.2, 0) is 4.74 Å². The first-order chi connectivity index (χ1) is 8.11. The van der Waals surface area contributed by atoms with Gasteiger partial charge in [-0.3, -0.25) is 0 Å². The second-order valence-electron chi connectivity index (χ2n) is 3.38. The molecule has 0 fully saturated rings. The van der Waals surface area contributed by atoms with Gasteiger partial charge in [0.15, 0.2) is 5.69 Å². The van der Waals surface area contributed by atoms with Gasteiger partial charge in [-0.1, -0.05) is 33.6 Å². The lowest BCUT2D eigenvalue weighted by molar-refractivity contribution is 0.0520. The SMILES string of the molecule is CCOC(=O)c1nc2cc(Br)ccc2cc1Cl. The summed E-state index contributed by atoms with van der Waals surface area (Å²) in [6.07, 6.45) is 0. The van der Waals surface area contributed by atoms with Crippen molar-refractivity contribution in [2.24, 2.45) is 0 Å². The van der Waals surface area contributed by atoms with Gasteiger partial charge in [0, 0.05) is 9.86 Å². The Morgan fingerprint density at radius 1 is 1.47 bits per heavy atom. The largest absolute Gasteiger partial charge is 0.461 e. The highest BCUT2D eigenvalue weighted by atomic mass is 79.9. The van der Waals surface area contributed by atoms with Gasteiger partial charge in [0.1, 0.15) is 0 Å². The van der Waals surface area contributed by atoms with E-state index in [1.807, 2.05) is 18.2 Å². The number of nitrogens with zero attached hydrogens (tertiary/aromatic N) is 1. The Hall–Kier alpha value is -1.13.